The van der Waals surface area contributed by atoms with Gasteiger partial charge in [-0.2, -0.15) is 0 Å². The van der Waals surface area contributed by atoms with Crippen molar-refractivity contribution in [3.05, 3.63) is 23.8 Å². The van der Waals surface area contributed by atoms with Crippen LogP contribution in [0.5, 0.6) is 0 Å². The van der Waals surface area contributed by atoms with Crippen LogP contribution >= 0.6 is 0 Å². The molecule has 0 amide bonds. The number of hydrogen-bond acceptors (Lipinski definition) is 3. The maximum Gasteiger partial charge on any atom is 0.0756 e. The molecule has 3 heteroatoms. The molecule has 0 aliphatic heterocycles. The average Bonchev–Trinajstić information content (AvgIpc) is 2.15. The van der Waals surface area contributed by atoms with Gasteiger partial charge in [-0.1, -0.05) is 13.8 Å². The second kappa shape index (κ2) is 5.05. The van der Waals surface area contributed by atoms with Gasteiger partial charge in [0.1, 0.15) is 0 Å². The molecule has 0 aromatic carbocycles. The summed E-state index contributed by atoms with van der Waals surface area (Å²) in [5, 5.41) is 3.27. The quantitative estimate of drug-likeness (QED) is 0.795. The monoisotopic (exact) mass is 193 g/mol. The highest BCUT2D eigenvalue weighted by molar-refractivity contribution is 5.05. The van der Waals surface area contributed by atoms with E-state index >= 15 is 0 Å². The molecule has 1 heterocycles. The van der Waals surface area contributed by atoms with Gasteiger partial charge >= 0.3 is 0 Å². The lowest BCUT2D eigenvalue weighted by molar-refractivity contribution is 0.447. The third kappa shape index (κ3) is 3.07. The lowest BCUT2D eigenvalue weighted by Gasteiger charge is -2.17. The fourth-order valence-corrected chi connectivity index (χ4v) is 1.44. The third-order valence-corrected chi connectivity index (χ3v) is 2.21. The van der Waals surface area contributed by atoms with E-state index in [0.717, 1.165) is 17.8 Å². The molecule has 14 heavy (non-hydrogen) atoms. The zero-order valence-electron chi connectivity index (χ0n) is 9.41. The van der Waals surface area contributed by atoms with E-state index in [9.17, 15) is 0 Å². The summed E-state index contributed by atoms with van der Waals surface area (Å²) in [5.41, 5.74) is 2.00. The summed E-state index contributed by atoms with van der Waals surface area (Å²) in [5.74, 6) is 0.663. The Bertz CT molecular complexity index is 266. The van der Waals surface area contributed by atoms with Crippen LogP contribution in [0.3, 0.4) is 0 Å². The molecule has 0 radical (unpaired) electrons. The van der Waals surface area contributed by atoms with Crippen molar-refractivity contribution in [2.24, 2.45) is 5.92 Å². The van der Waals surface area contributed by atoms with Gasteiger partial charge in [0.25, 0.3) is 0 Å². The highest BCUT2D eigenvalue weighted by Crippen LogP contribution is 2.17. The molecular weight excluding hydrogens is 174 g/mol. The van der Waals surface area contributed by atoms with Gasteiger partial charge in [-0.05, 0) is 26.3 Å². The van der Waals surface area contributed by atoms with Gasteiger partial charge < -0.3 is 5.32 Å². The van der Waals surface area contributed by atoms with Crippen molar-refractivity contribution in [1.82, 2.24) is 15.3 Å². The van der Waals surface area contributed by atoms with E-state index in [1.54, 1.807) is 0 Å². The van der Waals surface area contributed by atoms with Crippen molar-refractivity contribution >= 4 is 0 Å². The zero-order valence-corrected chi connectivity index (χ0v) is 9.41. The summed E-state index contributed by atoms with van der Waals surface area (Å²) in [6, 6.07) is 0.322. The van der Waals surface area contributed by atoms with Gasteiger partial charge in [0.05, 0.1) is 23.6 Å². The molecule has 0 aliphatic carbocycles. The van der Waals surface area contributed by atoms with Gasteiger partial charge in [-0.15, -0.1) is 0 Å². The molecule has 0 bridgehead atoms. The van der Waals surface area contributed by atoms with Crippen LogP contribution in [0.4, 0.5) is 0 Å². The summed E-state index contributed by atoms with van der Waals surface area (Å²) in [4.78, 5) is 8.63. The van der Waals surface area contributed by atoms with Crippen LogP contribution in [-0.2, 0) is 0 Å². The Morgan fingerprint density at radius 1 is 1.29 bits per heavy atom. The first-order valence-electron chi connectivity index (χ1n) is 5.09. The standard InChI is InChI=1S/C11H19N3/c1-8(2)5-10(12-4)11-7-13-9(3)6-14-11/h6-8,10,12H,5H2,1-4H3. The van der Waals surface area contributed by atoms with E-state index in [-0.39, 0.29) is 0 Å². The predicted molar refractivity (Wildman–Crippen MR) is 58.0 cm³/mol. The Morgan fingerprint density at radius 3 is 2.43 bits per heavy atom. The van der Waals surface area contributed by atoms with Crippen molar-refractivity contribution in [2.75, 3.05) is 7.05 Å². The molecule has 0 saturated heterocycles. The molecule has 0 saturated carbocycles. The van der Waals surface area contributed by atoms with E-state index < -0.39 is 0 Å². The summed E-state index contributed by atoms with van der Waals surface area (Å²) < 4.78 is 0. The van der Waals surface area contributed by atoms with Crippen LogP contribution in [-0.4, -0.2) is 17.0 Å². The van der Waals surface area contributed by atoms with Crippen LogP contribution < -0.4 is 5.32 Å². The van der Waals surface area contributed by atoms with Gasteiger partial charge in [-0.25, -0.2) is 0 Å². The molecule has 1 aromatic rings. The van der Waals surface area contributed by atoms with E-state index in [4.69, 9.17) is 0 Å². The molecule has 1 unspecified atom stereocenters. The smallest absolute Gasteiger partial charge is 0.0756 e. The maximum atomic E-state index is 4.38. The van der Waals surface area contributed by atoms with Crippen LogP contribution in [0.1, 0.15) is 37.7 Å². The summed E-state index contributed by atoms with van der Waals surface area (Å²) in [6.07, 6.45) is 4.77. The summed E-state index contributed by atoms with van der Waals surface area (Å²) in [6.45, 7) is 6.38. The number of nitrogens with zero attached hydrogens (tertiary/aromatic N) is 2. The molecule has 1 aromatic heterocycles. The summed E-state index contributed by atoms with van der Waals surface area (Å²) in [7, 11) is 1.97. The van der Waals surface area contributed by atoms with E-state index in [1.165, 1.54) is 0 Å². The maximum absolute atomic E-state index is 4.38. The molecule has 78 valence electrons. The molecule has 3 nitrogen and oxygen atoms in total. The van der Waals surface area contributed by atoms with Crippen LogP contribution in [0.15, 0.2) is 12.4 Å². The normalized spacial score (nSPS) is 13.2. The van der Waals surface area contributed by atoms with Crippen molar-refractivity contribution in [3.63, 3.8) is 0 Å². The lowest BCUT2D eigenvalue weighted by Crippen LogP contribution is -2.19. The fraction of sp³-hybridized carbons (Fsp3) is 0.636. The first-order valence-corrected chi connectivity index (χ1v) is 5.09. The lowest BCUT2D eigenvalue weighted by atomic mass is 10.0. The number of aryl methyl sites for hydroxylation is 1. The number of hydrogen-bond donors (Lipinski definition) is 1. The molecule has 1 rings (SSSR count). The van der Waals surface area contributed by atoms with Gasteiger partial charge in [-0.3, -0.25) is 9.97 Å². The molecule has 0 spiro atoms. The van der Waals surface area contributed by atoms with Gasteiger partial charge in [0.15, 0.2) is 0 Å². The van der Waals surface area contributed by atoms with Crippen molar-refractivity contribution in [3.8, 4) is 0 Å². The van der Waals surface area contributed by atoms with Crippen molar-refractivity contribution < 1.29 is 0 Å². The first-order chi connectivity index (χ1) is 6.63. The van der Waals surface area contributed by atoms with E-state index in [0.29, 0.717) is 12.0 Å². The fourth-order valence-electron chi connectivity index (χ4n) is 1.44. The first kappa shape index (κ1) is 11.1. The molecule has 0 fully saturated rings. The Kier molecular flexibility index (Phi) is 4.01. The zero-order chi connectivity index (χ0) is 10.6. The van der Waals surface area contributed by atoms with E-state index in [1.807, 2.05) is 26.4 Å². The molecule has 1 N–H and O–H groups in total. The van der Waals surface area contributed by atoms with Crippen molar-refractivity contribution in [2.45, 2.75) is 33.2 Å². The minimum atomic E-state index is 0.322. The second-order valence-electron chi connectivity index (χ2n) is 4.05. The molecular formula is C11H19N3. The average molecular weight is 193 g/mol. The predicted octanol–water partition coefficient (Wildman–Crippen LogP) is 2.09. The van der Waals surface area contributed by atoms with Gasteiger partial charge in [0.2, 0.25) is 0 Å². The van der Waals surface area contributed by atoms with Crippen LogP contribution in [0.25, 0.3) is 0 Å². The number of aromatic nitrogens is 2. The minimum Gasteiger partial charge on any atom is -0.312 e. The topological polar surface area (TPSA) is 37.8 Å². The highest BCUT2D eigenvalue weighted by Gasteiger charge is 2.12. The number of nitrogens with one attached hydrogen (secondary N) is 1. The Balaban J connectivity index is 2.73. The van der Waals surface area contributed by atoms with Crippen LogP contribution in [0.2, 0.25) is 0 Å². The molecule has 1 atom stereocenters. The Morgan fingerprint density at radius 2 is 2.00 bits per heavy atom. The largest absolute Gasteiger partial charge is 0.312 e. The SMILES string of the molecule is CNC(CC(C)C)c1cnc(C)cn1. The molecule has 0 aliphatic rings. The minimum absolute atomic E-state index is 0.322. The summed E-state index contributed by atoms with van der Waals surface area (Å²) >= 11 is 0. The van der Waals surface area contributed by atoms with Crippen LogP contribution in [0, 0.1) is 12.8 Å². The highest BCUT2D eigenvalue weighted by atomic mass is 14.9. The second-order valence-corrected chi connectivity index (χ2v) is 4.05. The third-order valence-electron chi connectivity index (χ3n) is 2.21. The van der Waals surface area contributed by atoms with Gasteiger partial charge in [0, 0.05) is 6.20 Å². The van der Waals surface area contributed by atoms with E-state index in [2.05, 4.69) is 29.1 Å². The van der Waals surface area contributed by atoms with Crippen molar-refractivity contribution in [1.29, 1.82) is 0 Å². The Hall–Kier alpha value is -0.960. The Labute approximate surface area is 86.0 Å². The number of rotatable bonds is 4.